The molecule has 0 aromatic rings. The number of likely N-dealkylation sites (N-methyl/N-ethyl adjacent to an activating group) is 8. The van der Waals surface area contributed by atoms with Gasteiger partial charge >= 0.3 is 5.97 Å². The maximum atomic E-state index is 11.5. The molecule has 0 bridgehead atoms. The van der Waals surface area contributed by atoms with Gasteiger partial charge in [-0.2, -0.15) is 0 Å². The van der Waals surface area contributed by atoms with E-state index in [0.717, 1.165) is 34.1 Å². The van der Waals surface area contributed by atoms with E-state index in [0.29, 0.717) is 44.5 Å². The van der Waals surface area contributed by atoms with Gasteiger partial charge in [-0.25, -0.2) is 0 Å². The van der Waals surface area contributed by atoms with E-state index in [2.05, 4.69) is 58.6 Å². The number of carboxylic acid groups (broad SMARTS) is 1. The Bertz CT molecular complexity index is 1180. The number of rotatable bonds is 21. The minimum atomic E-state index is -1.12. The Morgan fingerprint density at radius 2 is 0.763 bits per heavy atom. The fourth-order valence-corrected chi connectivity index (χ4v) is 2.78. The topological polar surface area (TPSA) is 223 Å². The number of hydrogen-bond donors (Lipinski definition) is 1. The van der Waals surface area contributed by atoms with Crippen molar-refractivity contribution in [3.63, 3.8) is 0 Å². The second-order valence-electron chi connectivity index (χ2n) is 14.0. The van der Waals surface area contributed by atoms with Gasteiger partial charge in [-0.15, -0.1) is 0 Å². The zero-order valence-electron chi connectivity index (χ0n) is 39.0. The van der Waals surface area contributed by atoms with Crippen molar-refractivity contribution in [1.29, 1.82) is 0 Å². The van der Waals surface area contributed by atoms with Gasteiger partial charge in [0.05, 0.1) is 45.8 Å². The van der Waals surface area contributed by atoms with Crippen LogP contribution in [0.25, 0.3) is 0 Å². The maximum absolute atomic E-state index is 11.5. The highest BCUT2D eigenvalue weighted by atomic mass is 16.4. The van der Waals surface area contributed by atoms with E-state index in [9.17, 15) is 47.9 Å². The fourth-order valence-electron chi connectivity index (χ4n) is 2.78. The van der Waals surface area contributed by atoms with Crippen molar-refractivity contribution in [2.24, 2.45) is 0 Å². The molecular weight excluding hydrogens is 772 g/mol. The van der Waals surface area contributed by atoms with Gasteiger partial charge in [0.15, 0.2) is 0 Å². The number of aliphatic carboxylic acids is 1. The molecule has 0 saturated heterocycles. The number of carbonyl (C=O) groups is 10. The zero-order valence-corrected chi connectivity index (χ0v) is 39.0. The molecule has 0 rings (SSSR count). The third-order valence-corrected chi connectivity index (χ3v) is 7.18. The van der Waals surface area contributed by atoms with Gasteiger partial charge < -0.3 is 68.5 Å². The number of nitrogens with zero attached hydrogens (tertiary/aromatic N) is 10. The van der Waals surface area contributed by atoms with Crippen LogP contribution < -0.4 is 0 Å². The molecule has 1 N–H and O–H groups in total. The summed E-state index contributed by atoms with van der Waals surface area (Å²) in [7, 11) is 22.4. The van der Waals surface area contributed by atoms with Gasteiger partial charge in [0.1, 0.15) is 25.4 Å². The molecule has 0 atom stereocenters. The van der Waals surface area contributed by atoms with Crippen LogP contribution in [0.4, 0.5) is 0 Å². The number of amides is 6. The molecule has 0 aliphatic carbocycles. The molecule has 0 spiro atoms. The van der Waals surface area contributed by atoms with Crippen LogP contribution in [0.3, 0.4) is 0 Å². The van der Waals surface area contributed by atoms with Crippen LogP contribution in [-0.2, 0) is 47.9 Å². The summed E-state index contributed by atoms with van der Waals surface area (Å²) in [5, 5.41) is 8.51. The summed E-state index contributed by atoms with van der Waals surface area (Å²) >= 11 is 0. The molecule has 59 heavy (non-hydrogen) atoms. The second-order valence-corrected chi connectivity index (χ2v) is 14.0. The molecule has 0 unspecified atom stereocenters. The summed E-state index contributed by atoms with van der Waals surface area (Å²) < 4.78 is 0. The quantitative estimate of drug-likeness (QED) is 0.120. The second kappa shape index (κ2) is 42.7. The van der Waals surface area contributed by atoms with Gasteiger partial charge in [-0.3, -0.25) is 33.6 Å². The third-order valence-electron chi connectivity index (χ3n) is 7.18. The minimum Gasteiger partial charge on any atom is -0.480 e. The lowest BCUT2D eigenvalue weighted by Crippen LogP contribution is -2.43. The van der Waals surface area contributed by atoms with Crippen molar-refractivity contribution in [2.75, 3.05) is 157 Å². The first-order chi connectivity index (χ1) is 27.2. The van der Waals surface area contributed by atoms with Gasteiger partial charge in [0, 0.05) is 48.3 Å². The Morgan fingerprint density at radius 3 is 0.983 bits per heavy atom. The van der Waals surface area contributed by atoms with Crippen molar-refractivity contribution in [3.05, 3.63) is 0 Å². The summed E-state index contributed by atoms with van der Waals surface area (Å²) in [4.78, 5) is 121. The minimum absolute atomic E-state index is 0.00778. The van der Waals surface area contributed by atoms with Crippen LogP contribution in [0.1, 0.15) is 27.7 Å². The highest BCUT2D eigenvalue weighted by Crippen LogP contribution is 1.93. The number of hydrogen-bond acceptors (Lipinski definition) is 14. The van der Waals surface area contributed by atoms with Gasteiger partial charge in [-0.1, -0.05) is 13.8 Å². The monoisotopic (exact) mass is 851 g/mol. The Morgan fingerprint density at radius 1 is 0.441 bits per heavy atom. The van der Waals surface area contributed by atoms with Crippen molar-refractivity contribution in [1.82, 2.24) is 49.0 Å². The van der Waals surface area contributed by atoms with Crippen molar-refractivity contribution in [2.45, 2.75) is 33.7 Å². The average Bonchev–Trinajstić information content (AvgIpc) is 3.14. The lowest BCUT2D eigenvalue weighted by Gasteiger charge is -2.22. The molecule has 346 valence electrons. The SMILES string of the molecule is CCN(C)C.CCN(C)C(C)C.CN(C)CC(=O)N(C)CC=O.CN(C)CC=O.CN(C=O)CC(=O)N(C)CC(=O)N(C)CC(=O)O.CN(C=O)CC(=O)N(C)CC=O. The van der Waals surface area contributed by atoms with E-state index in [1.807, 2.05) is 33.1 Å². The highest BCUT2D eigenvalue weighted by molar-refractivity contribution is 5.87. The third kappa shape index (κ3) is 51.1. The van der Waals surface area contributed by atoms with E-state index in [4.69, 9.17) is 5.11 Å². The summed E-state index contributed by atoms with van der Waals surface area (Å²) in [6, 6.07) is 0.699. The van der Waals surface area contributed by atoms with Crippen molar-refractivity contribution >= 4 is 61.3 Å². The van der Waals surface area contributed by atoms with Crippen LogP contribution in [0.2, 0.25) is 0 Å². The number of aldehydes is 3. The highest BCUT2D eigenvalue weighted by Gasteiger charge is 2.18. The summed E-state index contributed by atoms with van der Waals surface area (Å²) in [6.45, 7) is 11.3. The van der Waals surface area contributed by atoms with Gasteiger partial charge in [0.25, 0.3) is 0 Å². The van der Waals surface area contributed by atoms with E-state index in [1.54, 1.807) is 11.9 Å². The Hall–Kier alpha value is -4.86. The molecular formula is C38H78N10O11. The number of carbonyl (C=O) groups excluding carboxylic acids is 9. The standard InChI is InChI=1S/C10H17N3O5.C7H12N2O3.C7H14N2O2.C6H15N.C4H9NO.C4H11N/c1-11(7-14)4-8(15)12(2)5-9(16)13(3)6-10(17)18;1-8(6-11)5-7(12)9(2)3-4-10;1-8(2)6-7(11)9(3)4-5-10;1-5-7(4)6(2)3;1-5(2)3-4-6;1-4-5(2)3/h7H,4-6H2,1-3H3,(H,17,18);4,6H,3,5H2,1-2H3;5H,4,6H2,1-3H3;6H,5H2,1-4H3;4H,3H2,1-2H3;4H2,1-3H3. The lowest BCUT2D eigenvalue weighted by atomic mass is 10.3. The molecule has 0 fully saturated rings. The van der Waals surface area contributed by atoms with E-state index < -0.39 is 24.3 Å². The Balaban J connectivity index is -0.000000151. The lowest BCUT2D eigenvalue weighted by molar-refractivity contribution is -0.145. The molecule has 0 aromatic heterocycles. The van der Waals surface area contributed by atoms with Crippen LogP contribution >= 0.6 is 0 Å². The van der Waals surface area contributed by atoms with E-state index in [-0.39, 0.29) is 44.5 Å². The van der Waals surface area contributed by atoms with Crippen LogP contribution in [-0.4, -0.2) is 278 Å². The molecule has 0 aliphatic rings. The van der Waals surface area contributed by atoms with Crippen LogP contribution in [0.15, 0.2) is 0 Å². The van der Waals surface area contributed by atoms with Crippen molar-refractivity contribution in [3.8, 4) is 0 Å². The first-order valence-corrected chi connectivity index (χ1v) is 18.6. The first kappa shape index (κ1) is 66.0. The van der Waals surface area contributed by atoms with E-state index >= 15 is 0 Å². The summed E-state index contributed by atoms with van der Waals surface area (Å²) in [5.74, 6) is -2.30. The van der Waals surface area contributed by atoms with E-state index in [1.165, 1.54) is 49.9 Å². The molecule has 0 aliphatic heterocycles. The van der Waals surface area contributed by atoms with Crippen LogP contribution in [0.5, 0.6) is 0 Å². The predicted octanol–water partition coefficient (Wildman–Crippen LogP) is -2.33. The Kier molecular flexibility index (Phi) is 47.8. The molecule has 21 heteroatoms. The molecule has 21 nitrogen and oxygen atoms in total. The predicted molar refractivity (Wildman–Crippen MR) is 229 cm³/mol. The summed E-state index contributed by atoms with van der Waals surface area (Å²) in [5.41, 5.74) is 0. The molecule has 0 saturated carbocycles. The zero-order chi connectivity index (χ0) is 47.8. The Labute approximate surface area is 353 Å². The average molecular weight is 851 g/mol. The number of carboxylic acids is 1. The normalized spacial score (nSPS) is 9.59. The molecule has 6 amide bonds. The molecule has 0 radical (unpaired) electrons. The van der Waals surface area contributed by atoms with Gasteiger partial charge in [-0.05, 0) is 76.3 Å². The fraction of sp³-hybridized carbons (Fsp3) is 0.737. The summed E-state index contributed by atoms with van der Waals surface area (Å²) in [6.07, 6.45) is 3.29. The molecule has 0 heterocycles. The van der Waals surface area contributed by atoms with Crippen LogP contribution in [0, 0.1) is 0 Å². The molecule has 0 aromatic carbocycles. The largest absolute Gasteiger partial charge is 0.480 e. The van der Waals surface area contributed by atoms with Gasteiger partial charge in [0.2, 0.25) is 36.4 Å². The maximum Gasteiger partial charge on any atom is 0.323 e. The smallest absolute Gasteiger partial charge is 0.323 e. The van der Waals surface area contributed by atoms with Crippen molar-refractivity contribution < 1.29 is 53.1 Å². The first-order valence-electron chi connectivity index (χ1n) is 18.6.